The molecule has 0 bridgehead atoms. The molecule has 0 unspecified atom stereocenters. The maximum absolute atomic E-state index is 12.8. The lowest BCUT2D eigenvalue weighted by Crippen LogP contribution is -1.85. The van der Waals surface area contributed by atoms with Crippen molar-refractivity contribution in [3.8, 4) is 0 Å². The summed E-state index contributed by atoms with van der Waals surface area (Å²) in [6.07, 6.45) is 1.74. The summed E-state index contributed by atoms with van der Waals surface area (Å²) in [5.41, 5.74) is 0.915. The summed E-state index contributed by atoms with van der Waals surface area (Å²) in [5.74, 6) is 0.382. The van der Waals surface area contributed by atoms with Crippen molar-refractivity contribution in [2.24, 2.45) is 0 Å². The Morgan fingerprint density at radius 1 is 1.25 bits per heavy atom. The molecular weight excluding hydrogens is 245 g/mol. The van der Waals surface area contributed by atoms with E-state index in [2.05, 4.69) is 4.98 Å². The molecule has 0 N–H and O–H groups in total. The molecule has 16 heavy (non-hydrogen) atoms. The molecule has 1 aromatic carbocycles. The molecular formula is C12H9ClFNS. The molecule has 0 aliphatic rings. The van der Waals surface area contributed by atoms with Crippen molar-refractivity contribution < 1.29 is 4.39 Å². The van der Waals surface area contributed by atoms with Gasteiger partial charge in [0.1, 0.15) is 5.82 Å². The molecule has 1 aromatic heterocycles. The summed E-state index contributed by atoms with van der Waals surface area (Å²) in [6.45, 7) is 0. The topological polar surface area (TPSA) is 12.9 Å². The lowest BCUT2D eigenvalue weighted by atomic mass is 10.2. The highest BCUT2D eigenvalue weighted by molar-refractivity contribution is 7.98. The van der Waals surface area contributed by atoms with Crippen molar-refractivity contribution >= 4 is 23.4 Å². The summed E-state index contributed by atoms with van der Waals surface area (Å²) in [7, 11) is 0. The smallest absolute Gasteiger partial charge is 0.124 e. The number of pyridine rings is 1. The van der Waals surface area contributed by atoms with Crippen LogP contribution >= 0.6 is 23.4 Å². The molecule has 0 radical (unpaired) electrons. The van der Waals surface area contributed by atoms with Gasteiger partial charge in [0.2, 0.25) is 0 Å². The van der Waals surface area contributed by atoms with Crippen molar-refractivity contribution in [2.75, 3.05) is 0 Å². The van der Waals surface area contributed by atoms with E-state index >= 15 is 0 Å². The fourth-order valence-corrected chi connectivity index (χ4v) is 2.40. The fourth-order valence-electron chi connectivity index (χ4n) is 1.22. The number of hydrogen-bond acceptors (Lipinski definition) is 2. The Morgan fingerprint density at radius 3 is 2.81 bits per heavy atom. The zero-order valence-electron chi connectivity index (χ0n) is 8.36. The number of aromatic nitrogens is 1. The van der Waals surface area contributed by atoms with Crippen LogP contribution in [-0.4, -0.2) is 4.98 Å². The van der Waals surface area contributed by atoms with Gasteiger partial charge in [0.05, 0.1) is 5.03 Å². The third-order valence-corrected chi connectivity index (χ3v) is 3.37. The van der Waals surface area contributed by atoms with E-state index < -0.39 is 0 Å². The van der Waals surface area contributed by atoms with E-state index in [1.54, 1.807) is 24.0 Å². The standard InChI is InChI=1S/C12H9ClFNS/c13-11-7-10(14)5-4-9(11)8-16-12-3-1-2-6-15-12/h1-7H,8H2. The van der Waals surface area contributed by atoms with Crippen LogP contribution < -0.4 is 0 Å². The highest BCUT2D eigenvalue weighted by Crippen LogP contribution is 2.25. The second-order valence-electron chi connectivity index (χ2n) is 3.19. The molecule has 2 rings (SSSR count). The van der Waals surface area contributed by atoms with Gasteiger partial charge in [-0.25, -0.2) is 9.37 Å². The Hall–Kier alpha value is -1.06. The minimum absolute atomic E-state index is 0.309. The zero-order valence-corrected chi connectivity index (χ0v) is 9.93. The molecule has 0 fully saturated rings. The van der Waals surface area contributed by atoms with Crippen LogP contribution in [0.5, 0.6) is 0 Å². The zero-order chi connectivity index (χ0) is 11.4. The number of rotatable bonds is 3. The van der Waals surface area contributed by atoms with E-state index in [0.717, 1.165) is 10.6 Å². The first-order valence-corrected chi connectivity index (χ1v) is 6.10. The lowest BCUT2D eigenvalue weighted by Gasteiger charge is -2.03. The monoisotopic (exact) mass is 253 g/mol. The number of hydrogen-bond donors (Lipinski definition) is 0. The third-order valence-electron chi connectivity index (χ3n) is 2.03. The molecule has 82 valence electrons. The normalized spacial score (nSPS) is 10.4. The molecule has 0 aliphatic heterocycles. The fraction of sp³-hybridized carbons (Fsp3) is 0.0833. The quantitative estimate of drug-likeness (QED) is 0.762. The van der Waals surface area contributed by atoms with Gasteiger partial charge in [-0.2, -0.15) is 0 Å². The van der Waals surface area contributed by atoms with Gasteiger partial charge in [-0.3, -0.25) is 0 Å². The molecule has 0 saturated carbocycles. The van der Waals surface area contributed by atoms with E-state index in [0.29, 0.717) is 10.8 Å². The first-order chi connectivity index (χ1) is 7.75. The van der Waals surface area contributed by atoms with E-state index in [1.807, 2.05) is 18.2 Å². The van der Waals surface area contributed by atoms with Gasteiger partial charge in [0.15, 0.2) is 0 Å². The SMILES string of the molecule is Fc1ccc(CSc2ccccn2)c(Cl)c1. The lowest BCUT2D eigenvalue weighted by molar-refractivity contribution is 0.627. The van der Waals surface area contributed by atoms with Crippen molar-refractivity contribution in [1.29, 1.82) is 0 Å². The number of halogens is 2. The van der Waals surface area contributed by atoms with Crippen LogP contribution in [0.4, 0.5) is 4.39 Å². The van der Waals surface area contributed by atoms with Crippen LogP contribution in [0, 0.1) is 5.82 Å². The second-order valence-corrected chi connectivity index (χ2v) is 4.60. The number of benzene rings is 1. The van der Waals surface area contributed by atoms with Gasteiger partial charge in [-0.15, -0.1) is 11.8 Å². The van der Waals surface area contributed by atoms with Crippen molar-refractivity contribution in [3.63, 3.8) is 0 Å². The predicted octanol–water partition coefficient (Wildman–Crippen LogP) is 4.17. The summed E-state index contributed by atoms with van der Waals surface area (Å²) in [4.78, 5) is 4.19. The average molecular weight is 254 g/mol. The van der Waals surface area contributed by atoms with Gasteiger partial charge in [0.25, 0.3) is 0 Å². The van der Waals surface area contributed by atoms with Crippen LogP contribution in [0.2, 0.25) is 5.02 Å². The first kappa shape index (κ1) is 11.4. The van der Waals surface area contributed by atoms with Crippen molar-refractivity contribution in [1.82, 2.24) is 4.98 Å². The van der Waals surface area contributed by atoms with Gasteiger partial charge >= 0.3 is 0 Å². The van der Waals surface area contributed by atoms with Gasteiger partial charge in [-0.1, -0.05) is 23.7 Å². The predicted molar refractivity (Wildman–Crippen MR) is 65.2 cm³/mol. The molecule has 4 heteroatoms. The van der Waals surface area contributed by atoms with Crippen LogP contribution in [0.3, 0.4) is 0 Å². The van der Waals surface area contributed by atoms with Crippen molar-refractivity contribution in [3.05, 3.63) is 59.0 Å². The second kappa shape index (κ2) is 5.32. The maximum Gasteiger partial charge on any atom is 0.124 e. The summed E-state index contributed by atoms with van der Waals surface area (Å²) in [5, 5.41) is 1.39. The van der Waals surface area contributed by atoms with Gasteiger partial charge < -0.3 is 0 Å². The maximum atomic E-state index is 12.8. The van der Waals surface area contributed by atoms with Crippen LogP contribution in [-0.2, 0) is 5.75 Å². The van der Waals surface area contributed by atoms with Crippen LogP contribution in [0.15, 0.2) is 47.6 Å². The van der Waals surface area contributed by atoms with Crippen LogP contribution in [0.25, 0.3) is 0 Å². The van der Waals surface area contributed by atoms with Crippen LogP contribution in [0.1, 0.15) is 5.56 Å². The molecule has 0 aliphatic carbocycles. The average Bonchev–Trinajstić information content (AvgIpc) is 2.29. The Kier molecular flexibility index (Phi) is 3.80. The van der Waals surface area contributed by atoms with E-state index in [9.17, 15) is 4.39 Å². The van der Waals surface area contributed by atoms with Gasteiger partial charge in [0, 0.05) is 17.0 Å². The van der Waals surface area contributed by atoms with Gasteiger partial charge in [-0.05, 0) is 29.8 Å². The molecule has 0 atom stereocenters. The summed E-state index contributed by atoms with van der Waals surface area (Å²) >= 11 is 7.50. The Balaban J connectivity index is 2.05. The van der Waals surface area contributed by atoms with Crippen molar-refractivity contribution in [2.45, 2.75) is 10.8 Å². The summed E-state index contributed by atoms with van der Waals surface area (Å²) in [6, 6.07) is 10.2. The van der Waals surface area contributed by atoms with E-state index in [4.69, 9.17) is 11.6 Å². The molecule has 0 saturated heterocycles. The molecule has 1 heterocycles. The highest BCUT2D eigenvalue weighted by Gasteiger charge is 2.03. The van der Waals surface area contributed by atoms with E-state index in [1.165, 1.54) is 12.1 Å². The largest absolute Gasteiger partial charge is 0.250 e. The Bertz CT molecular complexity index is 476. The number of nitrogens with zero attached hydrogens (tertiary/aromatic N) is 1. The van der Waals surface area contributed by atoms with E-state index in [-0.39, 0.29) is 5.82 Å². The highest BCUT2D eigenvalue weighted by atomic mass is 35.5. The third kappa shape index (κ3) is 2.97. The Labute approximate surface area is 103 Å². The minimum atomic E-state index is -0.309. The Morgan fingerprint density at radius 2 is 2.12 bits per heavy atom. The first-order valence-electron chi connectivity index (χ1n) is 4.73. The molecule has 1 nitrogen and oxygen atoms in total. The number of thioether (sulfide) groups is 1. The minimum Gasteiger partial charge on any atom is -0.250 e. The molecule has 2 aromatic rings. The molecule has 0 amide bonds. The molecule has 0 spiro atoms. The summed E-state index contributed by atoms with van der Waals surface area (Å²) < 4.78 is 12.8.